The first-order chi connectivity index (χ1) is 9.04. The lowest BCUT2D eigenvalue weighted by molar-refractivity contribution is -0.131. The SMILES string of the molecule is O=C(O)/C=C/c1c(CCCCl)cccc1OC(F)F. The molecule has 0 saturated carbocycles. The van der Waals surface area contributed by atoms with Gasteiger partial charge >= 0.3 is 12.6 Å². The van der Waals surface area contributed by atoms with Gasteiger partial charge in [-0.3, -0.25) is 0 Å². The van der Waals surface area contributed by atoms with E-state index in [2.05, 4.69) is 4.74 Å². The average molecular weight is 291 g/mol. The lowest BCUT2D eigenvalue weighted by Crippen LogP contribution is -2.05. The predicted octanol–water partition coefficient (Wildman–Crippen LogP) is 3.56. The lowest BCUT2D eigenvalue weighted by atomic mass is 10.0. The van der Waals surface area contributed by atoms with Gasteiger partial charge in [-0.1, -0.05) is 12.1 Å². The van der Waals surface area contributed by atoms with Gasteiger partial charge in [0.15, 0.2) is 0 Å². The fraction of sp³-hybridized carbons (Fsp3) is 0.308. The number of alkyl halides is 3. The molecule has 0 bridgehead atoms. The summed E-state index contributed by atoms with van der Waals surface area (Å²) in [5.74, 6) is -0.767. The highest BCUT2D eigenvalue weighted by atomic mass is 35.5. The number of benzene rings is 1. The van der Waals surface area contributed by atoms with Crippen molar-refractivity contribution in [3.8, 4) is 5.75 Å². The van der Waals surface area contributed by atoms with Crippen molar-refractivity contribution in [2.24, 2.45) is 0 Å². The molecule has 0 aromatic heterocycles. The molecule has 0 unspecified atom stereocenters. The van der Waals surface area contributed by atoms with E-state index in [0.29, 0.717) is 24.3 Å². The van der Waals surface area contributed by atoms with Crippen molar-refractivity contribution in [3.63, 3.8) is 0 Å². The Hall–Kier alpha value is -1.62. The second kappa shape index (κ2) is 7.74. The first-order valence-corrected chi connectivity index (χ1v) is 6.11. The molecule has 1 aromatic rings. The van der Waals surface area contributed by atoms with E-state index in [-0.39, 0.29) is 5.75 Å². The van der Waals surface area contributed by atoms with E-state index in [1.165, 1.54) is 12.1 Å². The molecular weight excluding hydrogens is 278 g/mol. The Balaban J connectivity index is 3.11. The zero-order valence-electron chi connectivity index (χ0n) is 9.98. The minimum absolute atomic E-state index is 0.0421. The van der Waals surface area contributed by atoms with Crippen molar-refractivity contribution < 1.29 is 23.4 Å². The lowest BCUT2D eigenvalue weighted by Gasteiger charge is -2.12. The standard InChI is InChI=1S/C13H13ClF2O3/c14-8-2-4-9-3-1-5-11(19-13(15)16)10(9)6-7-12(17)18/h1,3,5-7,13H,2,4,8H2,(H,17,18)/b7-6+. The Kier molecular flexibility index (Phi) is 6.29. The van der Waals surface area contributed by atoms with Crippen LogP contribution in [0.15, 0.2) is 24.3 Å². The number of hydrogen-bond acceptors (Lipinski definition) is 2. The van der Waals surface area contributed by atoms with Crippen LogP contribution in [-0.4, -0.2) is 23.6 Å². The predicted molar refractivity (Wildman–Crippen MR) is 68.8 cm³/mol. The number of carboxylic acid groups (broad SMARTS) is 1. The Morgan fingerprint density at radius 1 is 1.47 bits per heavy atom. The Morgan fingerprint density at radius 3 is 2.79 bits per heavy atom. The second-order valence-corrected chi connectivity index (χ2v) is 4.05. The summed E-state index contributed by atoms with van der Waals surface area (Å²) in [5.41, 5.74) is 1.06. The summed E-state index contributed by atoms with van der Waals surface area (Å²) in [7, 11) is 0. The van der Waals surface area contributed by atoms with Crippen LogP contribution in [0.2, 0.25) is 0 Å². The Labute approximate surface area is 114 Å². The van der Waals surface area contributed by atoms with Gasteiger partial charge in [-0.15, -0.1) is 11.6 Å². The van der Waals surface area contributed by atoms with Crippen LogP contribution in [0, 0.1) is 0 Å². The fourth-order valence-electron chi connectivity index (χ4n) is 1.61. The zero-order chi connectivity index (χ0) is 14.3. The molecule has 0 saturated heterocycles. The van der Waals surface area contributed by atoms with Gasteiger partial charge in [-0.2, -0.15) is 8.78 Å². The highest BCUT2D eigenvalue weighted by Crippen LogP contribution is 2.26. The Bertz CT molecular complexity index is 461. The zero-order valence-corrected chi connectivity index (χ0v) is 10.7. The molecule has 0 spiro atoms. The first-order valence-electron chi connectivity index (χ1n) is 5.58. The molecule has 0 aliphatic heterocycles. The average Bonchev–Trinajstić information content (AvgIpc) is 2.34. The molecule has 1 N–H and O–H groups in total. The maximum absolute atomic E-state index is 12.3. The van der Waals surface area contributed by atoms with Crippen LogP contribution in [0.25, 0.3) is 6.08 Å². The summed E-state index contributed by atoms with van der Waals surface area (Å²) in [5, 5.41) is 8.62. The van der Waals surface area contributed by atoms with E-state index in [1.807, 2.05) is 0 Å². The van der Waals surface area contributed by atoms with Crippen LogP contribution in [0.5, 0.6) is 5.75 Å². The van der Waals surface area contributed by atoms with Crippen molar-refractivity contribution in [2.45, 2.75) is 19.5 Å². The van der Waals surface area contributed by atoms with Crippen LogP contribution in [0.4, 0.5) is 8.78 Å². The summed E-state index contributed by atoms with van der Waals surface area (Å²) in [4.78, 5) is 10.5. The smallest absolute Gasteiger partial charge is 0.387 e. The topological polar surface area (TPSA) is 46.5 Å². The fourth-order valence-corrected chi connectivity index (χ4v) is 1.74. The van der Waals surface area contributed by atoms with E-state index in [4.69, 9.17) is 16.7 Å². The minimum atomic E-state index is -2.96. The molecular formula is C13H13ClF2O3. The van der Waals surface area contributed by atoms with E-state index in [9.17, 15) is 13.6 Å². The molecule has 3 nitrogen and oxygen atoms in total. The number of carboxylic acids is 1. The molecule has 0 aliphatic carbocycles. The molecule has 0 radical (unpaired) electrons. The van der Waals surface area contributed by atoms with Gasteiger partial charge in [0.25, 0.3) is 0 Å². The van der Waals surface area contributed by atoms with Crippen LogP contribution in [0.1, 0.15) is 17.5 Å². The summed E-state index contributed by atoms with van der Waals surface area (Å²) in [6.07, 6.45) is 3.36. The molecule has 1 aromatic carbocycles. The van der Waals surface area contributed by atoms with E-state index >= 15 is 0 Å². The van der Waals surface area contributed by atoms with Crippen molar-refractivity contribution in [1.82, 2.24) is 0 Å². The van der Waals surface area contributed by atoms with Gasteiger partial charge in [0, 0.05) is 17.5 Å². The normalized spacial score (nSPS) is 11.2. The van der Waals surface area contributed by atoms with Gasteiger partial charge in [0.05, 0.1) is 0 Å². The number of halogens is 3. The van der Waals surface area contributed by atoms with Crippen molar-refractivity contribution in [1.29, 1.82) is 0 Å². The van der Waals surface area contributed by atoms with E-state index < -0.39 is 12.6 Å². The third kappa shape index (κ3) is 5.26. The quantitative estimate of drug-likeness (QED) is 0.617. The van der Waals surface area contributed by atoms with E-state index in [1.54, 1.807) is 12.1 Å². The molecule has 0 amide bonds. The summed E-state index contributed by atoms with van der Waals surface area (Å²) in [6, 6.07) is 4.68. The number of ether oxygens (including phenoxy) is 1. The molecule has 19 heavy (non-hydrogen) atoms. The molecule has 0 aliphatic rings. The van der Waals surface area contributed by atoms with Gasteiger partial charge < -0.3 is 9.84 Å². The third-order valence-corrected chi connectivity index (χ3v) is 2.61. The number of aryl methyl sites for hydroxylation is 1. The maximum atomic E-state index is 12.3. The largest absolute Gasteiger partial charge is 0.478 e. The Morgan fingerprint density at radius 2 is 2.21 bits per heavy atom. The summed E-state index contributed by atoms with van der Waals surface area (Å²) in [6.45, 7) is -2.96. The van der Waals surface area contributed by atoms with Crippen molar-refractivity contribution >= 4 is 23.6 Å². The highest BCUT2D eigenvalue weighted by Gasteiger charge is 2.11. The molecule has 0 fully saturated rings. The van der Waals surface area contributed by atoms with Crippen LogP contribution < -0.4 is 4.74 Å². The maximum Gasteiger partial charge on any atom is 0.387 e. The monoisotopic (exact) mass is 290 g/mol. The van der Waals surface area contributed by atoms with Crippen LogP contribution in [0.3, 0.4) is 0 Å². The minimum Gasteiger partial charge on any atom is -0.478 e. The van der Waals surface area contributed by atoms with Gasteiger partial charge in [-0.05, 0) is 30.5 Å². The van der Waals surface area contributed by atoms with Crippen LogP contribution >= 0.6 is 11.6 Å². The van der Waals surface area contributed by atoms with Crippen molar-refractivity contribution in [3.05, 3.63) is 35.4 Å². The molecule has 1 rings (SSSR count). The third-order valence-electron chi connectivity index (χ3n) is 2.34. The summed E-state index contributed by atoms with van der Waals surface area (Å²) >= 11 is 5.59. The number of carbonyl (C=O) groups is 1. The van der Waals surface area contributed by atoms with Crippen molar-refractivity contribution in [2.75, 3.05) is 5.88 Å². The second-order valence-electron chi connectivity index (χ2n) is 3.67. The molecule has 0 heterocycles. The number of rotatable bonds is 7. The van der Waals surface area contributed by atoms with Crippen LogP contribution in [-0.2, 0) is 11.2 Å². The molecule has 104 valence electrons. The first kappa shape index (κ1) is 15.4. The van der Waals surface area contributed by atoms with Gasteiger partial charge in [0.2, 0.25) is 0 Å². The highest BCUT2D eigenvalue weighted by molar-refractivity contribution is 6.17. The molecule has 0 atom stereocenters. The number of hydrogen-bond donors (Lipinski definition) is 1. The molecule has 6 heteroatoms. The van der Waals surface area contributed by atoms with Gasteiger partial charge in [-0.25, -0.2) is 4.79 Å². The van der Waals surface area contributed by atoms with Gasteiger partial charge in [0.1, 0.15) is 5.75 Å². The summed E-state index contributed by atoms with van der Waals surface area (Å²) < 4.78 is 29.0. The number of aliphatic carboxylic acids is 1. The van der Waals surface area contributed by atoms with E-state index in [0.717, 1.165) is 11.6 Å².